The molecule has 0 spiro atoms. The average Bonchev–Trinajstić information content (AvgIpc) is 3.61. The molecule has 0 fully saturated rings. The van der Waals surface area contributed by atoms with Crippen LogP contribution in [0.4, 0.5) is 0 Å². The van der Waals surface area contributed by atoms with Crippen molar-refractivity contribution in [2.24, 2.45) is 0 Å². The van der Waals surface area contributed by atoms with Crippen molar-refractivity contribution in [3.63, 3.8) is 0 Å². The van der Waals surface area contributed by atoms with Crippen molar-refractivity contribution in [3.05, 3.63) is 53.6 Å². The minimum Gasteiger partial charge on any atom is -0.359 e. The zero-order valence-electron chi connectivity index (χ0n) is 18.4. The Kier molecular flexibility index (Phi) is 7.46. The number of hydrogen-bond acceptors (Lipinski definition) is 6. The van der Waals surface area contributed by atoms with Gasteiger partial charge in [0.1, 0.15) is 5.82 Å². The van der Waals surface area contributed by atoms with Crippen LogP contribution in [0.2, 0.25) is 0 Å². The third-order valence-electron chi connectivity index (χ3n) is 5.67. The molecule has 0 saturated heterocycles. The highest BCUT2D eigenvalue weighted by atomic mass is 32.1. The van der Waals surface area contributed by atoms with E-state index in [9.17, 15) is 9.59 Å². The summed E-state index contributed by atoms with van der Waals surface area (Å²) in [7, 11) is 1.66. The molecule has 10 heteroatoms. The number of rotatable bonds is 11. The lowest BCUT2D eigenvalue weighted by Crippen LogP contribution is -2.28. The Morgan fingerprint density at radius 2 is 2.06 bits per heavy atom. The molecule has 0 bridgehead atoms. The maximum atomic E-state index is 12.4. The predicted molar refractivity (Wildman–Crippen MR) is 128 cm³/mol. The van der Waals surface area contributed by atoms with Crippen molar-refractivity contribution in [2.75, 3.05) is 13.6 Å². The first-order valence-corrected chi connectivity index (χ1v) is 11.8. The summed E-state index contributed by atoms with van der Waals surface area (Å²) in [5.41, 5.74) is 3.50. The average molecular weight is 466 g/mol. The van der Waals surface area contributed by atoms with Crippen molar-refractivity contribution in [3.8, 4) is 11.3 Å². The molecule has 4 aromatic rings. The van der Waals surface area contributed by atoms with E-state index in [0.717, 1.165) is 53.7 Å². The van der Waals surface area contributed by atoms with Crippen LogP contribution in [0.1, 0.15) is 54.2 Å². The highest BCUT2D eigenvalue weighted by molar-refractivity contribution is 7.03. The summed E-state index contributed by atoms with van der Waals surface area (Å²) < 4.78 is 4.00. The maximum Gasteiger partial charge on any atom is 0.253 e. The van der Waals surface area contributed by atoms with Gasteiger partial charge in [0.25, 0.3) is 5.91 Å². The first kappa shape index (κ1) is 22.7. The predicted octanol–water partition coefficient (Wildman–Crippen LogP) is 3.62. The van der Waals surface area contributed by atoms with Gasteiger partial charge in [-0.2, -0.15) is 5.10 Å². The number of nitrogens with one attached hydrogen (secondary N) is 4. The number of imidazole rings is 1. The summed E-state index contributed by atoms with van der Waals surface area (Å²) in [6.07, 6.45) is 9.31. The van der Waals surface area contributed by atoms with Crippen molar-refractivity contribution in [2.45, 2.75) is 38.0 Å². The minimum atomic E-state index is -0.134. The summed E-state index contributed by atoms with van der Waals surface area (Å²) >= 11 is 1.26. The smallest absolute Gasteiger partial charge is 0.253 e. The standard InChI is InChI=1S/C23H27N7O2S/c1-24-21(31)6-4-2-3-5-16(10-26-23(32)18-12-28-33-14-18)22-25-13-20(29-22)15-7-8-19-17(9-15)11-27-30-19/h7-9,11-14,16H,2-6,10H2,1H3,(H,24,31)(H,25,29)(H,26,32)(H,27,30). The third-order valence-corrected chi connectivity index (χ3v) is 6.26. The second-order valence-corrected chi connectivity index (χ2v) is 8.60. The van der Waals surface area contributed by atoms with Crippen LogP contribution in [-0.4, -0.2) is 49.9 Å². The fourth-order valence-electron chi connectivity index (χ4n) is 3.75. The van der Waals surface area contributed by atoms with Crippen molar-refractivity contribution >= 4 is 34.2 Å². The third kappa shape index (κ3) is 5.83. The molecule has 1 unspecified atom stereocenters. The summed E-state index contributed by atoms with van der Waals surface area (Å²) in [6.45, 7) is 0.470. The van der Waals surface area contributed by atoms with Gasteiger partial charge in [0, 0.05) is 42.3 Å². The van der Waals surface area contributed by atoms with E-state index in [4.69, 9.17) is 0 Å². The number of aromatic amines is 2. The summed E-state index contributed by atoms with van der Waals surface area (Å²) in [4.78, 5) is 31.9. The molecule has 33 heavy (non-hydrogen) atoms. The summed E-state index contributed by atoms with van der Waals surface area (Å²) in [6, 6.07) is 6.09. The van der Waals surface area contributed by atoms with Gasteiger partial charge in [-0.05, 0) is 36.5 Å². The number of hydrogen-bond donors (Lipinski definition) is 4. The van der Waals surface area contributed by atoms with E-state index >= 15 is 0 Å². The number of H-pyrrole nitrogens is 2. The second kappa shape index (κ2) is 10.9. The zero-order valence-corrected chi connectivity index (χ0v) is 19.2. The van der Waals surface area contributed by atoms with Gasteiger partial charge in [0.15, 0.2) is 0 Å². The van der Waals surface area contributed by atoms with Gasteiger partial charge < -0.3 is 15.6 Å². The summed E-state index contributed by atoms with van der Waals surface area (Å²) in [5.74, 6) is 0.804. The molecule has 2 amide bonds. The number of carbonyl (C=O) groups excluding carboxylic acids is 2. The van der Waals surface area contributed by atoms with E-state index in [1.807, 2.05) is 18.3 Å². The molecule has 4 N–H and O–H groups in total. The Morgan fingerprint density at radius 3 is 2.88 bits per heavy atom. The molecule has 0 aliphatic carbocycles. The number of benzene rings is 1. The second-order valence-electron chi connectivity index (χ2n) is 7.95. The van der Waals surface area contributed by atoms with E-state index < -0.39 is 0 Å². The molecule has 1 atom stereocenters. The Hall–Kier alpha value is -3.53. The highest BCUT2D eigenvalue weighted by Crippen LogP contribution is 2.26. The van der Waals surface area contributed by atoms with Crippen LogP contribution >= 0.6 is 11.5 Å². The van der Waals surface area contributed by atoms with Crippen LogP contribution in [0.5, 0.6) is 0 Å². The quantitative estimate of drug-likeness (QED) is 0.252. The topological polar surface area (TPSA) is 128 Å². The number of aromatic nitrogens is 5. The van der Waals surface area contributed by atoms with Gasteiger partial charge >= 0.3 is 0 Å². The molecule has 1 aromatic carbocycles. The molecule has 4 rings (SSSR count). The SMILES string of the molecule is CNC(=O)CCCCCC(CNC(=O)c1cnsc1)c1ncc(-c2ccc3[nH]ncc3c2)[nH]1. The Balaban J connectivity index is 1.43. The lowest BCUT2D eigenvalue weighted by Gasteiger charge is -2.15. The van der Waals surface area contributed by atoms with Crippen LogP contribution in [-0.2, 0) is 4.79 Å². The van der Waals surface area contributed by atoms with Crippen molar-refractivity contribution in [1.82, 2.24) is 35.2 Å². The molecule has 0 saturated carbocycles. The van der Waals surface area contributed by atoms with Gasteiger partial charge in [-0.15, -0.1) is 0 Å². The van der Waals surface area contributed by atoms with E-state index in [2.05, 4.69) is 41.2 Å². The highest BCUT2D eigenvalue weighted by Gasteiger charge is 2.18. The maximum absolute atomic E-state index is 12.4. The molecule has 0 aliphatic rings. The number of amides is 2. The molecule has 0 radical (unpaired) electrons. The molecular weight excluding hydrogens is 438 g/mol. The number of unbranched alkanes of at least 4 members (excludes halogenated alkanes) is 2. The van der Waals surface area contributed by atoms with Crippen molar-refractivity contribution < 1.29 is 9.59 Å². The van der Waals surface area contributed by atoms with E-state index in [1.165, 1.54) is 11.5 Å². The van der Waals surface area contributed by atoms with Gasteiger partial charge in [0.05, 0.1) is 35.4 Å². The summed E-state index contributed by atoms with van der Waals surface area (Å²) in [5, 5.41) is 15.5. The monoisotopic (exact) mass is 465 g/mol. The van der Waals surface area contributed by atoms with Gasteiger partial charge in [-0.25, -0.2) is 9.36 Å². The lowest BCUT2D eigenvalue weighted by atomic mass is 9.99. The molecular formula is C23H27N7O2S. The van der Waals surface area contributed by atoms with Gasteiger partial charge in [-0.1, -0.05) is 18.9 Å². The fourth-order valence-corrected chi connectivity index (χ4v) is 4.27. The molecule has 3 heterocycles. The largest absolute Gasteiger partial charge is 0.359 e. The van der Waals surface area contributed by atoms with Gasteiger partial charge in [-0.3, -0.25) is 14.7 Å². The Bertz CT molecular complexity index is 1200. The molecule has 0 aliphatic heterocycles. The number of carbonyl (C=O) groups is 2. The molecule has 172 valence electrons. The minimum absolute atomic E-state index is 0.0342. The van der Waals surface area contributed by atoms with Crippen LogP contribution in [0.25, 0.3) is 22.2 Å². The number of nitrogens with zero attached hydrogens (tertiary/aromatic N) is 3. The van der Waals surface area contributed by atoms with E-state index in [-0.39, 0.29) is 17.7 Å². The lowest BCUT2D eigenvalue weighted by molar-refractivity contribution is -0.120. The Morgan fingerprint density at radius 1 is 1.15 bits per heavy atom. The van der Waals surface area contributed by atoms with E-state index in [1.54, 1.807) is 24.8 Å². The van der Waals surface area contributed by atoms with Crippen LogP contribution < -0.4 is 10.6 Å². The number of fused-ring (bicyclic) bond motifs is 1. The first-order chi connectivity index (χ1) is 16.1. The van der Waals surface area contributed by atoms with E-state index in [0.29, 0.717) is 18.5 Å². The first-order valence-electron chi connectivity index (χ1n) is 11.0. The van der Waals surface area contributed by atoms with Gasteiger partial charge in [0.2, 0.25) is 5.91 Å². The van der Waals surface area contributed by atoms with Crippen LogP contribution in [0.3, 0.4) is 0 Å². The molecule has 3 aromatic heterocycles. The Labute approximate surface area is 195 Å². The van der Waals surface area contributed by atoms with Crippen LogP contribution in [0.15, 0.2) is 42.2 Å². The van der Waals surface area contributed by atoms with Crippen LogP contribution in [0, 0.1) is 0 Å². The fraction of sp³-hybridized carbons (Fsp3) is 0.348. The zero-order chi connectivity index (χ0) is 23.0. The molecule has 9 nitrogen and oxygen atoms in total. The van der Waals surface area contributed by atoms with Crippen molar-refractivity contribution in [1.29, 1.82) is 0 Å². The normalized spacial score (nSPS) is 12.0.